The van der Waals surface area contributed by atoms with Gasteiger partial charge >= 0.3 is 0 Å². The molecule has 10 aromatic carbocycles. The molecule has 0 amide bonds. The third kappa shape index (κ3) is 5.17. The lowest BCUT2D eigenvalue weighted by atomic mass is 9.68. The van der Waals surface area contributed by atoms with Gasteiger partial charge in [0.1, 0.15) is 0 Å². The first-order valence-corrected chi connectivity index (χ1v) is 23.3. The molecule has 0 fully saturated rings. The van der Waals surface area contributed by atoms with Crippen LogP contribution in [0.5, 0.6) is 0 Å². The van der Waals surface area contributed by atoms with Crippen molar-refractivity contribution in [1.29, 1.82) is 0 Å². The summed E-state index contributed by atoms with van der Waals surface area (Å²) in [5.74, 6) is 0. The van der Waals surface area contributed by atoms with Gasteiger partial charge < -0.3 is 4.90 Å². The van der Waals surface area contributed by atoms with Gasteiger partial charge in [0.05, 0.1) is 11.1 Å². The maximum atomic E-state index is 2.57. The Morgan fingerprint density at radius 3 is 1.11 bits per heavy atom. The van der Waals surface area contributed by atoms with Crippen molar-refractivity contribution in [2.75, 3.05) is 4.90 Å². The molecule has 10 aromatic rings. The first-order valence-electron chi connectivity index (χ1n) is 23.3. The van der Waals surface area contributed by atoms with Gasteiger partial charge in [-0.05, 0) is 128 Å². The minimum atomic E-state index is -0.535. The summed E-state index contributed by atoms with van der Waals surface area (Å²) < 4.78 is 0. The fourth-order valence-corrected chi connectivity index (χ4v) is 12.5. The Hall–Kier alpha value is -8.00. The van der Waals surface area contributed by atoms with Gasteiger partial charge in [-0.15, -0.1) is 0 Å². The quantitative estimate of drug-likeness (QED) is 0.155. The number of rotatable bonds is 7. The highest BCUT2D eigenvalue weighted by molar-refractivity contribution is 5.99. The SMILES string of the molecule is CC1(c2ccccc2)c2ccccc2-c2ccc(N(c3ccc4c(c3)C(C)(c3ccccc3)c3ccccc3-4)c3cccc4c3-c3ccccc3C4(c3ccccc3)c3ccccc3)cc21. The fraction of sp³-hybridized carbons (Fsp3) is 0.0769. The number of hydrogen-bond acceptors (Lipinski definition) is 1. The second-order valence-corrected chi connectivity index (χ2v) is 18.6. The Labute approximate surface area is 388 Å². The van der Waals surface area contributed by atoms with Gasteiger partial charge in [-0.3, -0.25) is 0 Å². The zero-order valence-corrected chi connectivity index (χ0v) is 37.1. The van der Waals surface area contributed by atoms with Crippen molar-refractivity contribution in [3.8, 4) is 33.4 Å². The molecule has 1 heteroatoms. The predicted octanol–water partition coefficient (Wildman–Crippen LogP) is 16.2. The van der Waals surface area contributed by atoms with Crippen LogP contribution in [0.15, 0.2) is 249 Å². The van der Waals surface area contributed by atoms with E-state index in [4.69, 9.17) is 0 Å². The molecule has 0 N–H and O–H groups in total. The van der Waals surface area contributed by atoms with Crippen molar-refractivity contribution in [3.05, 3.63) is 304 Å². The van der Waals surface area contributed by atoms with E-state index in [0.717, 1.165) is 17.1 Å². The van der Waals surface area contributed by atoms with E-state index in [1.165, 1.54) is 89.0 Å². The van der Waals surface area contributed by atoms with Crippen LogP contribution < -0.4 is 4.90 Å². The molecule has 0 bridgehead atoms. The van der Waals surface area contributed by atoms with E-state index in [1.54, 1.807) is 0 Å². The molecule has 1 nitrogen and oxygen atoms in total. The highest BCUT2D eigenvalue weighted by atomic mass is 15.1. The van der Waals surface area contributed by atoms with Crippen molar-refractivity contribution < 1.29 is 0 Å². The molecule has 0 saturated carbocycles. The molecule has 0 spiro atoms. The summed E-state index contributed by atoms with van der Waals surface area (Å²) in [7, 11) is 0. The van der Waals surface area contributed by atoms with Gasteiger partial charge in [-0.2, -0.15) is 0 Å². The predicted molar refractivity (Wildman–Crippen MR) is 273 cm³/mol. The average Bonchev–Trinajstić information content (AvgIpc) is 3.95. The standard InChI is InChI=1S/C65H47N/c1-63(44-22-7-3-8-23-44)55-33-18-15-30-50(55)52-40-38-48(42-59(52)63)66(49-39-41-53-51-31-16-19-34-56(51)64(2,60(53)43-49)45-24-9-4-10-25-45)61-37-21-36-58-62(61)54-32-17-20-35-57(54)65(58,46-26-11-5-12-27-46)47-28-13-6-14-29-47/h3-43H,1-2H3. The number of fused-ring (bicyclic) bond motifs is 9. The smallest absolute Gasteiger partial charge is 0.0714 e. The van der Waals surface area contributed by atoms with E-state index in [1.807, 2.05) is 0 Å². The molecule has 2 atom stereocenters. The lowest BCUT2D eigenvalue weighted by Gasteiger charge is -2.35. The zero-order chi connectivity index (χ0) is 44.0. The molecule has 3 aliphatic rings. The summed E-state index contributed by atoms with van der Waals surface area (Å²) in [6.45, 7) is 4.84. The van der Waals surface area contributed by atoms with Crippen LogP contribution in [0, 0.1) is 0 Å². The van der Waals surface area contributed by atoms with Crippen LogP contribution in [0.1, 0.15) is 69.5 Å². The fourth-order valence-electron chi connectivity index (χ4n) is 12.5. The molecular formula is C65H47N. The van der Waals surface area contributed by atoms with Gasteiger partial charge in [-0.25, -0.2) is 0 Å². The summed E-state index contributed by atoms with van der Waals surface area (Å²) in [5, 5.41) is 0. The van der Waals surface area contributed by atoms with Crippen molar-refractivity contribution in [1.82, 2.24) is 0 Å². The zero-order valence-electron chi connectivity index (χ0n) is 37.1. The topological polar surface area (TPSA) is 3.24 Å². The number of nitrogens with zero attached hydrogens (tertiary/aromatic N) is 1. The summed E-state index contributed by atoms with van der Waals surface area (Å²) in [6.07, 6.45) is 0. The van der Waals surface area contributed by atoms with E-state index in [-0.39, 0.29) is 10.8 Å². The summed E-state index contributed by atoms with van der Waals surface area (Å²) in [6, 6.07) is 93.2. The largest absolute Gasteiger partial charge is 0.310 e. The highest BCUT2D eigenvalue weighted by Crippen LogP contribution is 2.61. The first-order chi connectivity index (χ1) is 32.5. The first kappa shape index (κ1) is 38.5. The normalized spacial score (nSPS) is 17.8. The third-order valence-corrected chi connectivity index (χ3v) is 15.5. The van der Waals surface area contributed by atoms with E-state index < -0.39 is 5.41 Å². The maximum absolute atomic E-state index is 2.57. The second-order valence-electron chi connectivity index (χ2n) is 18.6. The van der Waals surface area contributed by atoms with Crippen molar-refractivity contribution in [3.63, 3.8) is 0 Å². The molecule has 0 saturated heterocycles. The third-order valence-electron chi connectivity index (χ3n) is 15.5. The van der Waals surface area contributed by atoms with Crippen molar-refractivity contribution in [2.45, 2.75) is 30.1 Å². The summed E-state index contributed by atoms with van der Waals surface area (Å²) >= 11 is 0. The van der Waals surface area contributed by atoms with Crippen LogP contribution >= 0.6 is 0 Å². The van der Waals surface area contributed by atoms with E-state index in [2.05, 4.69) is 267 Å². The van der Waals surface area contributed by atoms with Crippen LogP contribution in [0.25, 0.3) is 33.4 Å². The van der Waals surface area contributed by atoms with Gasteiger partial charge in [0.15, 0.2) is 0 Å². The van der Waals surface area contributed by atoms with Gasteiger partial charge in [-0.1, -0.05) is 218 Å². The van der Waals surface area contributed by atoms with E-state index >= 15 is 0 Å². The Kier molecular flexibility index (Phi) is 8.45. The number of benzene rings is 10. The molecule has 13 rings (SSSR count). The number of anilines is 3. The summed E-state index contributed by atoms with van der Waals surface area (Å²) in [4.78, 5) is 2.57. The van der Waals surface area contributed by atoms with Crippen LogP contribution in [0.4, 0.5) is 17.1 Å². The molecule has 0 aliphatic heterocycles. The molecule has 3 aliphatic carbocycles. The second kappa shape index (κ2) is 14.5. The minimum Gasteiger partial charge on any atom is -0.310 e. The van der Waals surface area contributed by atoms with Crippen molar-refractivity contribution >= 4 is 17.1 Å². The van der Waals surface area contributed by atoms with E-state index in [9.17, 15) is 0 Å². The summed E-state index contributed by atoms with van der Waals surface area (Å²) in [5.41, 5.74) is 22.8. The van der Waals surface area contributed by atoms with Gasteiger partial charge in [0.2, 0.25) is 0 Å². The Morgan fingerprint density at radius 1 is 0.273 bits per heavy atom. The molecule has 2 unspecified atom stereocenters. The molecule has 0 heterocycles. The Morgan fingerprint density at radius 2 is 0.636 bits per heavy atom. The highest BCUT2D eigenvalue weighted by Gasteiger charge is 2.48. The lowest BCUT2D eigenvalue weighted by molar-refractivity contribution is 0.713. The van der Waals surface area contributed by atoms with Gasteiger partial charge in [0.25, 0.3) is 0 Å². The molecule has 0 radical (unpaired) electrons. The maximum Gasteiger partial charge on any atom is 0.0714 e. The monoisotopic (exact) mass is 841 g/mol. The van der Waals surface area contributed by atoms with Crippen LogP contribution in [0.3, 0.4) is 0 Å². The Bertz CT molecular complexity index is 3320. The molecular weight excluding hydrogens is 795 g/mol. The van der Waals surface area contributed by atoms with Crippen LogP contribution in [-0.4, -0.2) is 0 Å². The number of hydrogen-bond donors (Lipinski definition) is 0. The van der Waals surface area contributed by atoms with Crippen LogP contribution in [-0.2, 0) is 16.2 Å². The van der Waals surface area contributed by atoms with Crippen LogP contribution in [0.2, 0.25) is 0 Å². The van der Waals surface area contributed by atoms with E-state index in [0.29, 0.717) is 0 Å². The minimum absolute atomic E-state index is 0.360. The molecule has 66 heavy (non-hydrogen) atoms. The lowest BCUT2D eigenvalue weighted by Crippen LogP contribution is -2.28. The van der Waals surface area contributed by atoms with Gasteiger partial charge in [0, 0.05) is 27.8 Å². The average molecular weight is 842 g/mol. The molecule has 312 valence electrons. The molecule has 0 aromatic heterocycles. The van der Waals surface area contributed by atoms with Crippen molar-refractivity contribution in [2.24, 2.45) is 0 Å². The Balaban J connectivity index is 1.12.